The molecule has 3 heteroatoms. The molecule has 0 N–H and O–H groups in total. The maximum absolute atomic E-state index is 4.84. The summed E-state index contributed by atoms with van der Waals surface area (Å²) in [6.07, 6.45) is 2.18. The third kappa shape index (κ3) is 1.71. The van der Waals surface area contributed by atoms with Crippen molar-refractivity contribution in [3.63, 3.8) is 0 Å². The minimum absolute atomic E-state index is 1.02. The number of pyridine rings is 2. The Bertz CT molecular complexity index is 1560. The summed E-state index contributed by atoms with van der Waals surface area (Å²) in [6.45, 7) is 4.47. The molecule has 0 bridgehead atoms. The van der Waals surface area contributed by atoms with E-state index in [0.717, 1.165) is 4.90 Å². The lowest BCUT2D eigenvalue weighted by atomic mass is 9.97. The van der Waals surface area contributed by atoms with Crippen molar-refractivity contribution in [1.29, 1.82) is 0 Å². The molecular weight excluding hydrogens is 348 g/mol. The predicted octanol–water partition coefficient (Wildman–Crippen LogP) is 5.72. The van der Waals surface area contributed by atoms with Crippen molar-refractivity contribution in [3.8, 4) is 0 Å². The van der Waals surface area contributed by atoms with Crippen LogP contribution in [-0.4, -0.2) is 4.40 Å². The van der Waals surface area contributed by atoms with Gasteiger partial charge in [0.05, 0.1) is 27.3 Å². The zero-order valence-electron chi connectivity index (χ0n) is 15.5. The molecule has 0 amide bonds. The van der Waals surface area contributed by atoms with Gasteiger partial charge in [0.25, 0.3) is 0 Å². The molecule has 3 heterocycles. The average molecular weight is 367 g/mol. The molecule has 6 rings (SSSR count). The first-order valence-electron chi connectivity index (χ1n) is 9.26. The average Bonchev–Trinajstić information content (AvgIpc) is 2.99. The first kappa shape index (κ1) is 15.3. The molecule has 130 valence electrons. The van der Waals surface area contributed by atoms with Crippen LogP contribution in [-0.2, 0) is 7.05 Å². The molecule has 0 atom stereocenters. The summed E-state index contributed by atoms with van der Waals surface area (Å²) >= 11 is 4.84. The molecule has 0 saturated carbocycles. The van der Waals surface area contributed by atoms with E-state index in [9.17, 15) is 0 Å². The number of thiol groups is 1. The third-order valence-corrected chi connectivity index (χ3v) is 6.55. The molecular formula is C24H19N2S+. The summed E-state index contributed by atoms with van der Waals surface area (Å²) < 4.78 is 4.71. The molecule has 3 aromatic carbocycles. The molecule has 0 aliphatic heterocycles. The maximum atomic E-state index is 4.84. The van der Waals surface area contributed by atoms with E-state index in [4.69, 9.17) is 12.6 Å². The van der Waals surface area contributed by atoms with E-state index in [1.165, 1.54) is 60.1 Å². The highest BCUT2D eigenvalue weighted by Crippen LogP contribution is 2.42. The number of rotatable bonds is 0. The molecule has 6 aromatic rings. The first-order valence-corrected chi connectivity index (χ1v) is 9.71. The van der Waals surface area contributed by atoms with Crippen LogP contribution >= 0.6 is 12.6 Å². The minimum atomic E-state index is 1.02. The van der Waals surface area contributed by atoms with Gasteiger partial charge in [-0.15, -0.1) is 12.6 Å². The van der Waals surface area contributed by atoms with Gasteiger partial charge in [0.15, 0.2) is 6.20 Å². The fourth-order valence-electron chi connectivity index (χ4n) is 4.85. The highest BCUT2D eigenvalue weighted by atomic mass is 32.1. The van der Waals surface area contributed by atoms with Crippen molar-refractivity contribution in [3.05, 3.63) is 65.9 Å². The van der Waals surface area contributed by atoms with Crippen molar-refractivity contribution < 1.29 is 4.57 Å². The SMILES string of the molecule is Cc1cc2c3cccc(S)c3n3c4cccc5cc[n+](C)c(c(c1C)c23)c54. The number of para-hydroxylation sites is 1. The Morgan fingerprint density at radius 2 is 1.70 bits per heavy atom. The second kappa shape index (κ2) is 4.93. The van der Waals surface area contributed by atoms with E-state index >= 15 is 0 Å². The monoisotopic (exact) mass is 367 g/mol. The molecule has 0 fully saturated rings. The standard InChI is InChI=1S/C24H18N2S/c1-13-12-17-16-7-5-9-19(27)22(16)26-18-8-4-6-15-10-11-25(3)24(21(15)18)20(14(13)2)23(17)26/h4-12H,1-3H3/p+1. The smallest absolute Gasteiger partial charge is 0.224 e. The van der Waals surface area contributed by atoms with Gasteiger partial charge in [-0.25, -0.2) is 4.57 Å². The Morgan fingerprint density at radius 3 is 2.56 bits per heavy atom. The molecule has 3 aromatic heterocycles. The van der Waals surface area contributed by atoms with Gasteiger partial charge in [-0.05, 0) is 48.6 Å². The fraction of sp³-hybridized carbons (Fsp3) is 0.125. The Morgan fingerprint density at radius 1 is 0.889 bits per heavy atom. The van der Waals surface area contributed by atoms with E-state index in [1.54, 1.807) is 0 Å². The number of benzene rings is 3. The Balaban J connectivity index is 2.19. The highest BCUT2D eigenvalue weighted by Gasteiger charge is 2.24. The van der Waals surface area contributed by atoms with Gasteiger partial charge < -0.3 is 4.40 Å². The molecule has 0 spiro atoms. The number of aromatic nitrogens is 2. The molecule has 0 aliphatic rings. The lowest BCUT2D eigenvalue weighted by molar-refractivity contribution is -0.643. The number of hydrogen-bond donors (Lipinski definition) is 1. The number of nitrogens with zero attached hydrogens (tertiary/aromatic N) is 2. The lowest BCUT2D eigenvalue weighted by Gasteiger charge is -2.14. The van der Waals surface area contributed by atoms with Crippen LogP contribution < -0.4 is 4.57 Å². The van der Waals surface area contributed by atoms with E-state index < -0.39 is 0 Å². The number of hydrogen-bond acceptors (Lipinski definition) is 1. The lowest BCUT2D eigenvalue weighted by Crippen LogP contribution is -2.29. The van der Waals surface area contributed by atoms with E-state index in [2.05, 4.69) is 84.6 Å². The topological polar surface area (TPSA) is 8.29 Å². The van der Waals surface area contributed by atoms with Crippen LogP contribution in [0.4, 0.5) is 0 Å². The van der Waals surface area contributed by atoms with Crippen molar-refractivity contribution in [2.75, 3.05) is 0 Å². The van der Waals surface area contributed by atoms with Gasteiger partial charge in [-0.1, -0.05) is 24.3 Å². The van der Waals surface area contributed by atoms with Gasteiger partial charge >= 0.3 is 0 Å². The number of fused-ring (bicyclic) bond motifs is 5. The van der Waals surface area contributed by atoms with Gasteiger partial charge in [0.2, 0.25) is 5.52 Å². The van der Waals surface area contributed by atoms with Crippen LogP contribution in [0.1, 0.15) is 11.1 Å². The Hall–Kier alpha value is -2.78. The largest absolute Gasteiger partial charge is 0.306 e. The van der Waals surface area contributed by atoms with Crippen LogP contribution in [0.25, 0.3) is 49.0 Å². The second-order valence-corrected chi connectivity index (χ2v) is 8.10. The van der Waals surface area contributed by atoms with Crippen molar-refractivity contribution >= 4 is 61.6 Å². The molecule has 0 radical (unpaired) electrons. The molecule has 27 heavy (non-hydrogen) atoms. The van der Waals surface area contributed by atoms with Crippen LogP contribution in [0.2, 0.25) is 0 Å². The quantitative estimate of drug-likeness (QED) is 0.152. The second-order valence-electron chi connectivity index (χ2n) is 7.61. The Labute approximate surface area is 162 Å². The van der Waals surface area contributed by atoms with Crippen LogP contribution in [0.5, 0.6) is 0 Å². The van der Waals surface area contributed by atoms with Crippen molar-refractivity contribution in [2.45, 2.75) is 18.7 Å². The van der Waals surface area contributed by atoms with Crippen LogP contribution in [0, 0.1) is 13.8 Å². The summed E-state index contributed by atoms with van der Waals surface area (Å²) in [4.78, 5) is 1.02. The minimum Gasteiger partial charge on any atom is -0.306 e. The van der Waals surface area contributed by atoms with Crippen LogP contribution in [0.15, 0.2) is 59.6 Å². The summed E-state index contributed by atoms with van der Waals surface area (Å²) in [5.41, 5.74) is 7.74. The van der Waals surface area contributed by atoms with Crippen molar-refractivity contribution in [1.82, 2.24) is 4.40 Å². The van der Waals surface area contributed by atoms with Crippen molar-refractivity contribution in [2.24, 2.45) is 7.05 Å². The molecule has 0 unspecified atom stereocenters. The normalized spacial score (nSPS) is 12.4. The zero-order chi connectivity index (χ0) is 18.4. The zero-order valence-corrected chi connectivity index (χ0v) is 16.4. The highest BCUT2D eigenvalue weighted by molar-refractivity contribution is 7.80. The summed E-state index contributed by atoms with van der Waals surface area (Å²) in [7, 11) is 2.15. The number of aryl methyl sites for hydroxylation is 3. The summed E-state index contributed by atoms with van der Waals surface area (Å²) in [6, 6.07) is 17.6. The summed E-state index contributed by atoms with van der Waals surface area (Å²) in [5.74, 6) is 0. The first-order chi connectivity index (χ1) is 13.1. The van der Waals surface area contributed by atoms with Gasteiger partial charge in [-0.2, -0.15) is 0 Å². The third-order valence-electron chi connectivity index (χ3n) is 6.19. The van der Waals surface area contributed by atoms with E-state index in [0.29, 0.717) is 0 Å². The fourth-order valence-corrected chi connectivity index (χ4v) is 5.16. The summed E-state index contributed by atoms with van der Waals surface area (Å²) in [5, 5.41) is 6.53. The van der Waals surface area contributed by atoms with Gasteiger partial charge in [0, 0.05) is 21.7 Å². The van der Waals surface area contributed by atoms with E-state index in [-0.39, 0.29) is 0 Å². The van der Waals surface area contributed by atoms with Gasteiger partial charge in [0.1, 0.15) is 7.05 Å². The van der Waals surface area contributed by atoms with Crippen LogP contribution in [0.3, 0.4) is 0 Å². The molecule has 0 aliphatic carbocycles. The molecule has 2 nitrogen and oxygen atoms in total. The van der Waals surface area contributed by atoms with Gasteiger partial charge in [-0.3, -0.25) is 0 Å². The van der Waals surface area contributed by atoms with E-state index in [1.807, 2.05) is 0 Å². The molecule has 0 saturated heterocycles. The Kier molecular flexibility index (Phi) is 2.79. The predicted molar refractivity (Wildman–Crippen MR) is 117 cm³/mol. The maximum Gasteiger partial charge on any atom is 0.224 e.